The van der Waals surface area contributed by atoms with E-state index >= 15 is 0 Å². The summed E-state index contributed by atoms with van der Waals surface area (Å²) in [5.74, 6) is 0. The van der Waals surface area contributed by atoms with Gasteiger partial charge in [0.2, 0.25) is 0 Å². The fourth-order valence-corrected chi connectivity index (χ4v) is 0.598. The molecule has 0 spiro atoms. The van der Waals surface area contributed by atoms with E-state index in [2.05, 4.69) is 0 Å². The van der Waals surface area contributed by atoms with Crippen molar-refractivity contribution < 1.29 is 0 Å². The van der Waals surface area contributed by atoms with Crippen LogP contribution in [0.2, 0.25) is 0 Å². The molecule has 0 radical (unpaired) electrons. The second-order valence-corrected chi connectivity index (χ2v) is 1.81. The highest BCUT2D eigenvalue weighted by Gasteiger charge is 2.00. The second kappa shape index (κ2) is 1.95. The second-order valence-electron chi connectivity index (χ2n) is 1.81. The van der Waals surface area contributed by atoms with E-state index in [0.717, 1.165) is 17.7 Å². The third kappa shape index (κ3) is 0.713. The zero-order valence-corrected chi connectivity index (χ0v) is 4.94. The van der Waals surface area contributed by atoms with Gasteiger partial charge in [0.15, 0.2) is 0 Å². The first-order chi connectivity index (χ1) is 3.84. The molecule has 0 aromatic rings. The minimum Gasteiger partial charge on any atom is -0.305 e. The van der Waals surface area contributed by atoms with Crippen LogP contribution in [0.25, 0.3) is 0 Å². The molecule has 1 aliphatic rings. The van der Waals surface area contributed by atoms with Crippen LogP contribution < -0.4 is 0 Å². The minimum atomic E-state index is 0.743. The maximum atomic E-state index is 7.28. The molecule has 0 amide bonds. The molecule has 8 heavy (non-hydrogen) atoms. The first-order valence-corrected chi connectivity index (χ1v) is 2.80. The molecule has 0 atom stereocenters. The summed E-state index contributed by atoms with van der Waals surface area (Å²) in [6.07, 6.45) is 6.73. The molecule has 1 heteroatoms. The van der Waals surface area contributed by atoms with Gasteiger partial charge < -0.3 is 5.41 Å². The van der Waals surface area contributed by atoms with E-state index in [-0.39, 0.29) is 0 Å². The van der Waals surface area contributed by atoms with Crippen molar-refractivity contribution in [2.75, 3.05) is 0 Å². The highest BCUT2D eigenvalue weighted by Crippen LogP contribution is 2.10. The van der Waals surface area contributed by atoms with Gasteiger partial charge in [-0.1, -0.05) is 25.2 Å². The molecular formula is C7H9N. The Labute approximate surface area is 49.2 Å². The summed E-state index contributed by atoms with van der Waals surface area (Å²) in [5, 5.41) is 7.28. The zero-order valence-electron chi connectivity index (χ0n) is 4.94. The summed E-state index contributed by atoms with van der Waals surface area (Å²) in [6, 6.07) is 0. The zero-order chi connectivity index (χ0) is 5.98. The standard InChI is InChI=1S/C7H9N/c1-2-7(8)6-4-3-5-6/h3-5,8H,2H2,1H3. The van der Waals surface area contributed by atoms with Crippen molar-refractivity contribution >= 4 is 5.71 Å². The van der Waals surface area contributed by atoms with E-state index in [1.807, 2.05) is 25.2 Å². The maximum Gasteiger partial charge on any atom is 0.0383 e. The average Bonchev–Trinajstić information content (AvgIpc) is 1.62. The topological polar surface area (TPSA) is 23.9 Å². The molecule has 1 nitrogen and oxygen atoms in total. The third-order valence-electron chi connectivity index (χ3n) is 1.25. The molecule has 0 unspecified atom stereocenters. The highest BCUT2D eigenvalue weighted by molar-refractivity contribution is 6.01. The molecule has 0 bridgehead atoms. The summed E-state index contributed by atoms with van der Waals surface area (Å²) in [5.41, 5.74) is 1.83. The van der Waals surface area contributed by atoms with Crippen molar-refractivity contribution in [3.05, 3.63) is 23.8 Å². The number of allylic oxidation sites excluding steroid dienone is 4. The first kappa shape index (κ1) is 5.29. The average molecular weight is 107 g/mol. The molecule has 0 aliphatic heterocycles. The van der Waals surface area contributed by atoms with Gasteiger partial charge >= 0.3 is 0 Å². The van der Waals surface area contributed by atoms with Crippen LogP contribution in [0, 0.1) is 5.41 Å². The summed E-state index contributed by atoms with van der Waals surface area (Å²) in [7, 11) is 0. The first-order valence-electron chi connectivity index (χ1n) is 2.80. The smallest absolute Gasteiger partial charge is 0.0383 e. The van der Waals surface area contributed by atoms with Gasteiger partial charge in [0.25, 0.3) is 0 Å². The van der Waals surface area contributed by atoms with Crippen LogP contribution in [0.3, 0.4) is 0 Å². The quantitative estimate of drug-likeness (QED) is 0.521. The predicted octanol–water partition coefficient (Wildman–Crippen LogP) is 1.91. The van der Waals surface area contributed by atoms with Crippen molar-refractivity contribution in [3.63, 3.8) is 0 Å². The van der Waals surface area contributed by atoms with Crippen LogP contribution >= 0.6 is 0 Å². The lowest BCUT2D eigenvalue weighted by atomic mass is 10.0. The van der Waals surface area contributed by atoms with Crippen molar-refractivity contribution in [3.8, 4) is 0 Å². The number of hydrogen-bond acceptors (Lipinski definition) is 1. The molecule has 0 saturated heterocycles. The maximum absolute atomic E-state index is 7.28. The van der Waals surface area contributed by atoms with E-state index in [0.29, 0.717) is 0 Å². The molecular weight excluding hydrogens is 98.1 g/mol. The molecule has 0 fully saturated rings. The van der Waals surface area contributed by atoms with Crippen LogP contribution in [0.4, 0.5) is 0 Å². The largest absolute Gasteiger partial charge is 0.305 e. The SMILES string of the molecule is CCC(=N)C1=CC=C1. The van der Waals surface area contributed by atoms with E-state index in [9.17, 15) is 0 Å². The van der Waals surface area contributed by atoms with E-state index in [1.165, 1.54) is 0 Å². The van der Waals surface area contributed by atoms with Gasteiger partial charge in [-0.3, -0.25) is 0 Å². The summed E-state index contributed by atoms with van der Waals surface area (Å²) in [6.45, 7) is 2.00. The third-order valence-corrected chi connectivity index (χ3v) is 1.25. The van der Waals surface area contributed by atoms with Crippen LogP contribution in [0.5, 0.6) is 0 Å². The predicted molar refractivity (Wildman–Crippen MR) is 35.2 cm³/mol. The fraction of sp³-hybridized carbons (Fsp3) is 0.286. The summed E-state index contributed by atoms with van der Waals surface area (Å²) in [4.78, 5) is 0. The van der Waals surface area contributed by atoms with Crippen LogP contribution in [0.1, 0.15) is 13.3 Å². The monoisotopic (exact) mass is 107 g/mol. The van der Waals surface area contributed by atoms with E-state index in [1.54, 1.807) is 0 Å². The molecule has 1 aliphatic carbocycles. The Kier molecular flexibility index (Phi) is 1.29. The lowest BCUT2D eigenvalue weighted by molar-refractivity contribution is 1.24. The Morgan fingerprint density at radius 1 is 1.75 bits per heavy atom. The molecule has 0 aromatic heterocycles. The van der Waals surface area contributed by atoms with Gasteiger partial charge in [-0.25, -0.2) is 0 Å². The van der Waals surface area contributed by atoms with Crippen LogP contribution in [-0.2, 0) is 0 Å². The number of hydrogen-bond donors (Lipinski definition) is 1. The number of rotatable bonds is 2. The van der Waals surface area contributed by atoms with Crippen molar-refractivity contribution in [2.45, 2.75) is 13.3 Å². The van der Waals surface area contributed by atoms with Crippen molar-refractivity contribution in [2.24, 2.45) is 0 Å². The van der Waals surface area contributed by atoms with E-state index < -0.39 is 0 Å². The van der Waals surface area contributed by atoms with Gasteiger partial charge in [-0.15, -0.1) is 0 Å². The molecule has 1 rings (SSSR count). The van der Waals surface area contributed by atoms with Gasteiger partial charge in [0, 0.05) is 5.71 Å². The lowest BCUT2D eigenvalue weighted by Gasteiger charge is -2.04. The molecule has 1 N–H and O–H groups in total. The van der Waals surface area contributed by atoms with Crippen LogP contribution in [0.15, 0.2) is 23.8 Å². The Morgan fingerprint density at radius 3 is 2.50 bits per heavy atom. The summed E-state index contributed by atoms with van der Waals surface area (Å²) < 4.78 is 0. The molecule has 42 valence electrons. The fourth-order valence-electron chi connectivity index (χ4n) is 0.598. The Bertz CT molecular complexity index is 163. The normalized spacial score (nSPS) is 14.9. The summed E-state index contributed by atoms with van der Waals surface area (Å²) >= 11 is 0. The molecule has 0 heterocycles. The number of nitrogens with one attached hydrogen (secondary N) is 1. The Balaban J connectivity index is 2.48. The minimum absolute atomic E-state index is 0.743. The Morgan fingerprint density at radius 2 is 2.38 bits per heavy atom. The van der Waals surface area contributed by atoms with Gasteiger partial charge in [0.05, 0.1) is 0 Å². The van der Waals surface area contributed by atoms with Crippen LogP contribution in [-0.4, -0.2) is 5.71 Å². The Hall–Kier alpha value is -0.850. The lowest BCUT2D eigenvalue weighted by Crippen LogP contribution is -1.99. The van der Waals surface area contributed by atoms with E-state index in [4.69, 9.17) is 5.41 Å². The van der Waals surface area contributed by atoms with Gasteiger partial charge in [-0.2, -0.15) is 0 Å². The van der Waals surface area contributed by atoms with Gasteiger partial charge in [0.1, 0.15) is 0 Å². The highest BCUT2D eigenvalue weighted by atomic mass is 14.4. The van der Waals surface area contributed by atoms with Crippen molar-refractivity contribution in [1.82, 2.24) is 0 Å². The van der Waals surface area contributed by atoms with Gasteiger partial charge in [-0.05, 0) is 12.0 Å². The van der Waals surface area contributed by atoms with Crippen molar-refractivity contribution in [1.29, 1.82) is 5.41 Å². The molecule has 0 aromatic carbocycles. The molecule has 0 saturated carbocycles.